The predicted molar refractivity (Wildman–Crippen MR) is 111 cm³/mol. The Labute approximate surface area is 184 Å². The zero-order valence-corrected chi connectivity index (χ0v) is 17.7. The van der Waals surface area contributed by atoms with Crippen LogP contribution in [0.2, 0.25) is 0 Å². The molecule has 0 unspecified atom stereocenters. The second-order valence-corrected chi connectivity index (χ2v) is 8.51. The van der Waals surface area contributed by atoms with Crippen LogP contribution >= 0.6 is 23.1 Å². The molecule has 1 aliphatic heterocycles. The van der Waals surface area contributed by atoms with Gasteiger partial charge in [0.25, 0.3) is 5.69 Å². The van der Waals surface area contributed by atoms with Gasteiger partial charge in [-0.25, -0.2) is 9.78 Å². The first-order valence-corrected chi connectivity index (χ1v) is 10.6. The molecular formula is C20H14N2O7S2. The number of aromatic nitrogens is 1. The Morgan fingerprint density at radius 3 is 2.77 bits per heavy atom. The standard InChI is InChI=1S/C20H14N2O7S2/c1-11-9-30-20(21-11)31-18-5-3-13(22(25)26)7-14(18)19(24)27-8-15(23)12-2-4-16-17(6-12)29-10-28-16/h2-7,9H,8,10H2,1H3. The van der Waals surface area contributed by atoms with Gasteiger partial charge >= 0.3 is 5.97 Å². The first-order valence-electron chi connectivity index (χ1n) is 8.89. The fourth-order valence-corrected chi connectivity index (χ4v) is 4.61. The van der Waals surface area contributed by atoms with E-state index in [4.69, 9.17) is 14.2 Å². The van der Waals surface area contributed by atoms with E-state index in [0.29, 0.717) is 26.3 Å². The van der Waals surface area contributed by atoms with Crippen molar-refractivity contribution in [2.24, 2.45) is 0 Å². The molecule has 158 valence electrons. The molecule has 0 atom stereocenters. The number of thiazole rings is 1. The predicted octanol–water partition coefficient (Wildman–Crippen LogP) is 4.28. The summed E-state index contributed by atoms with van der Waals surface area (Å²) in [7, 11) is 0. The molecule has 0 fully saturated rings. The molecule has 9 nitrogen and oxygen atoms in total. The molecule has 0 bridgehead atoms. The average molecular weight is 458 g/mol. The van der Waals surface area contributed by atoms with Gasteiger partial charge in [0.05, 0.1) is 10.5 Å². The number of rotatable bonds is 7. The fourth-order valence-electron chi connectivity index (χ4n) is 2.72. The second-order valence-electron chi connectivity index (χ2n) is 6.36. The van der Waals surface area contributed by atoms with Gasteiger partial charge in [0.1, 0.15) is 0 Å². The lowest BCUT2D eigenvalue weighted by Gasteiger charge is -2.09. The van der Waals surface area contributed by atoms with Crippen molar-refractivity contribution >= 4 is 40.5 Å². The zero-order valence-electron chi connectivity index (χ0n) is 16.0. The normalized spacial score (nSPS) is 11.9. The number of ketones is 1. The number of carbonyl (C=O) groups excluding carboxylic acids is 2. The van der Waals surface area contributed by atoms with Crippen LogP contribution in [0.15, 0.2) is 51.0 Å². The first kappa shape index (κ1) is 20.8. The first-order chi connectivity index (χ1) is 14.9. The van der Waals surface area contributed by atoms with Crippen LogP contribution in [-0.4, -0.2) is 35.1 Å². The van der Waals surface area contributed by atoms with E-state index in [9.17, 15) is 19.7 Å². The largest absolute Gasteiger partial charge is 0.454 e. The molecule has 0 spiro atoms. The van der Waals surface area contributed by atoms with Gasteiger partial charge in [-0.15, -0.1) is 11.3 Å². The van der Waals surface area contributed by atoms with Gasteiger partial charge < -0.3 is 14.2 Å². The summed E-state index contributed by atoms with van der Waals surface area (Å²) in [6, 6.07) is 8.56. The van der Waals surface area contributed by atoms with Crippen LogP contribution in [0.5, 0.6) is 11.5 Å². The van der Waals surface area contributed by atoms with Crippen molar-refractivity contribution in [3.05, 3.63) is 68.7 Å². The third-order valence-electron chi connectivity index (χ3n) is 4.22. The van der Waals surface area contributed by atoms with E-state index in [1.807, 2.05) is 12.3 Å². The molecule has 31 heavy (non-hydrogen) atoms. The maximum atomic E-state index is 12.7. The molecule has 1 aromatic heterocycles. The molecule has 4 rings (SSSR count). The van der Waals surface area contributed by atoms with E-state index in [1.54, 1.807) is 12.1 Å². The van der Waals surface area contributed by atoms with E-state index in [0.717, 1.165) is 11.8 Å². The highest BCUT2D eigenvalue weighted by Gasteiger charge is 2.22. The minimum atomic E-state index is -0.839. The van der Waals surface area contributed by atoms with Crippen molar-refractivity contribution in [2.75, 3.05) is 13.4 Å². The van der Waals surface area contributed by atoms with Crippen LogP contribution in [-0.2, 0) is 4.74 Å². The number of carbonyl (C=O) groups is 2. The van der Waals surface area contributed by atoms with E-state index < -0.39 is 23.3 Å². The third-order valence-corrected chi connectivity index (χ3v) is 6.35. The Kier molecular flexibility index (Phi) is 5.87. The molecule has 0 amide bonds. The van der Waals surface area contributed by atoms with Crippen molar-refractivity contribution in [1.29, 1.82) is 0 Å². The number of fused-ring (bicyclic) bond motifs is 1. The number of ether oxygens (including phenoxy) is 3. The molecule has 11 heteroatoms. The van der Waals surface area contributed by atoms with Crippen LogP contribution in [0.25, 0.3) is 0 Å². The highest BCUT2D eigenvalue weighted by molar-refractivity contribution is 8.01. The zero-order chi connectivity index (χ0) is 22.0. The molecule has 0 saturated heterocycles. The minimum Gasteiger partial charge on any atom is -0.454 e. The van der Waals surface area contributed by atoms with Gasteiger partial charge in [-0.2, -0.15) is 0 Å². The van der Waals surface area contributed by atoms with Crippen LogP contribution in [0, 0.1) is 17.0 Å². The summed E-state index contributed by atoms with van der Waals surface area (Å²) in [5.41, 5.74) is 0.857. The van der Waals surface area contributed by atoms with Crippen molar-refractivity contribution in [3.8, 4) is 11.5 Å². The molecule has 1 aliphatic rings. The molecule has 2 heterocycles. The van der Waals surface area contributed by atoms with Crippen LogP contribution in [0.4, 0.5) is 5.69 Å². The Morgan fingerprint density at radius 2 is 2.03 bits per heavy atom. The summed E-state index contributed by atoms with van der Waals surface area (Å²) in [6.45, 7) is 1.39. The summed E-state index contributed by atoms with van der Waals surface area (Å²) in [5, 5.41) is 13.0. The maximum Gasteiger partial charge on any atom is 0.339 e. The highest BCUT2D eigenvalue weighted by atomic mass is 32.2. The smallest absolute Gasteiger partial charge is 0.339 e. The summed E-state index contributed by atoms with van der Waals surface area (Å²) in [6.07, 6.45) is 0. The Bertz CT molecular complexity index is 1190. The number of benzene rings is 2. The number of nitrogens with zero attached hydrogens (tertiary/aromatic N) is 2. The highest BCUT2D eigenvalue weighted by Crippen LogP contribution is 2.35. The van der Waals surface area contributed by atoms with Gasteiger partial charge in [0.15, 0.2) is 28.2 Å². The van der Waals surface area contributed by atoms with E-state index in [2.05, 4.69) is 4.98 Å². The van der Waals surface area contributed by atoms with Gasteiger partial charge in [-0.1, -0.05) is 11.8 Å². The van der Waals surface area contributed by atoms with Gasteiger partial charge in [-0.05, 0) is 31.2 Å². The number of nitro groups is 1. The quantitative estimate of drug-likeness (QED) is 0.221. The monoisotopic (exact) mass is 458 g/mol. The number of Topliss-reactive ketones (excluding diaryl/α,β-unsaturated/α-hetero) is 1. The lowest BCUT2D eigenvalue weighted by atomic mass is 10.1. The average Bonchev–Trinajstić information content (AvgIpc) is 3.39. The fraction of sp³-hybridized carbons (Fsp3) is 0.150. The number of non-ortho nitro benzene ring substituents is 1. The Morgan fingerprint density at radius 1 is 1.23 bits per heavy atom. The van der Waals surface area contributed by atoms with Crippen molar-refractivity contribution in [3.63, 3.8) is 0 Å². The number of hydrogen-bond donors (Lipinski definition) is 0. The third kappa shape index (κ3) is 4.67. The number of nitro benzene ring substituents is 1. The number of esters is 1. The topological polar surface area (TPSA) is 118 Å². The lowest BCUT2D eigenvalue weighted by Crippen LogP contribution is -2.15. The maximum absolute atomic E-state index is 12.7. The van der Waals surface area contributed by atoms with Crippen LogP contribution in [0.3, 0.4) is 0 Å². The van der Waals surface area contributed by atoms with E-state index >= 15 is 0 Å². The number of hydrogen-bond acceptors (Lipinski definition) is 10. The molecule has 3 aromatic rings. The summed E-state index contributed by atoms with van der Waals surface area (Å²) in [5.74, 6) is -0.312. The molecule has 0 saturated carbocycles. The van der Waals surface area contributed by atoms with Gasteiger partial charge in [0.2, 0.25) is 6.79 Å². The number of aryl methyl sites for hydroxylation is 1. The summed E-state index contributed by atoms with van der Waals surface area (Å²) in [4.78, 5) is 40.4. The van der Waals surface area contributed by atoms with Crippen LogP contribution in [0.1, 0.15) is 26.4 Å². The van der Waals surface area contributed by atoms with Crippen molar-refractivity contribution in [1.82, 2.24) is 4.98 Å². The van der Waals surface area contributed by atoms with Gasteiger partial charge in [0, 0.05) is 33.7 Å². The van der Waals surface area contributed by atoms with Crippen LogP contribution < -0.4 is 9.47 Å². The van der Waals surface area contributed by atoms with E-state index in [1.165, 1.54) is 41.3 Å². The lowest BCUT2D eigenvalue weighted by molar-refractivity contribution is -0.384. The Hall–Kier alpha value is -3.44. The second kappa shape index (κ2) is 8.74. The Balaban J connectivity index is 1.51. The summed E-state index contributed by atoms with van der Waals surface area (Å²) >= 11 is 2.59. The van der Waals surface area contributed by atoms with Crippen molar-refractivity contribution < 1.29 is 28.7 Å². The minimum absolute atomic E-state index is 0.00876. The molecule has 0 radical (unpaired) electrons. The molecule has 0 N–H and O–H groups in total. The summed E-state index contributed by atoms with van der Waals surface area (Å²) < 4.78 is 16.3. The van der Waals surface area contributed by atoms with E-state index in [-0.39, 0.29) is 18.0 Å². The van der Waals surface area contributed by atoms with Gasteiger partial charge in [-0.3, -0.25) is 14.9 Å². The SMILES string of the molecule is Cc1csc(Sc2ccc([N+](=O)[O-])cc2C(=O)OCC(=O)c2ccc3c(c2)OCO3)n1. The molecule has 0 aliphatic carbocycles. The molecular weight excluding hydrogens is 444 g/mol. The molecule has 2 aromatic carbocycles. The van der Waals surface area contributed by atoms with Crippen molar-refractivity contribution in [2.45, 2.75) is 16.2 Å².